The lowest BCUT2D eigenvalue weighted by molar-refractivity contribution is 0.0514. The van der Waals surface area contributed by atoms with Crippen LogP contribution in [-0.4, -0.2) is 16.2 Å². The van der Waals surface area contributed by atoms with Crippen LogP contribution in [0.2, 0.25) is 5.02 Å². The van der Waals surface area contributed by atoms with Gasteiger partial charge in [0.15, 0.2) is 0 Å². The molecule has 0 spiro atoms. The minimum absolute atomic E-state index is 0.00988. The number of hydrogen-bond acceptors (Lipinski definition) is 3. The monoisotopic (exact) mass is 434 g/mol. The molecule has 0 saturated heterocycles. The zero-order valence-electron chi connectivity index (χ0n) is 18.6. The van der Waals surface area contributed by atoms with Crippen LogP contribution >= 0.6 is 11.6 Å². The van der Waals surface area contributed by atoms with Crippen LogP contribution in [0.1, 0.15) is 58.7 Å². The molecular formula is C26H27ClN2O2. The van der Waals surface area contributed by atoms with Crippen molar-refractivity contribution in [2.75, 3.05) is 0 Å². The molecule has 0 fully saturated rings. The van der Waals surface area contributed by atoms with E-state index in [2.05, 4.69) is 68.6 Å². The highest BCUT2D eigenvalue weighted by Crippen LogP contribution is 2.38. The zero-order valence-corrected chi connectivity index (χ0v) is 19.4. The van der Waals surface area contributed by atoms with Gasteiger partial charge in [0.1, 0.15) is 0 Å². The summed E-state index contributed by atoms with van der Waals surface area (Å²) in [4.78, 5) is 17.9. The number of benzene rings is 2. The van der Waals surface area contributed by atoms with E-state index in [1.54, 1.807) is 24.3 Å². The summed E-state index contributed by atoms with van der Waals surface area (Å²) >= 11 is 6.13. The Morgan fingerprint density at radius 2 is 1.71 bits per heavy atom. The third kappa shape index (κ3) is 4.31. The van der Waals surface area contributed by atoms with Crippen molar-refractivity contribution < 1.29 is 9.63 Å². The van der Waals surface area contributed by atoms with E-state index in [9.17, 15) is 4.79 Å². The largest absolute Gasteiger partial charge is 0.367 e. The maximum absolute atomic E-state index is 12.5. The number of aromatic nitrogens is 1. The van der Waals surface area contributed by atoms with Crippen LogP contribution in [0.5, 0.6) is 0 Å². The van der Waals surface area contributed by atoms with Crippen molar-refractivity contribution in [3.8, 4) is 5.69 Å². The van der Waals surface area contributed by atoms with Gasteiger partial charge in [0.25, 0.3) is 0 Å². The Kier molecular flexibility index (Phi) is 5.52. The van der Waals surface area contributed by atoms with Gasteiger partial charge in [-0.1, -0.05) is 48.8 Å². The Morgan fingerprint density at radius 1 is 1.03 bits per heavy atom. The Hall–Kier alpha value is -2.85. The molecule has 0 aliphatic heterocycles. The molecule has 3 aromatic rings. The Balaban J connectivity index is 1.76. The van der Waals surface area contributed by atoms with Gasteiger partial charge in [0.2, 0.25) is 0 Å². The summed E-state index contributed by atoms with van der Waals surface area (Å²) in [7, 11) is 0. The topological polar surface area (TPSA) is 43.6 Å². The summed E-state index contributed by atoms with van der Waals surface area (Å²) in [6.45, 7) is 10.8. The van der Waals surface area contributed by atoms with Crippen molar-refractivity contribution in [2.24, 2.45) is 10.6 Å². The van der Waals surface area contributed by atoms with E-state index in [-0.39, 0.29) is 5.41 Å². The lowest BCUT2D eigenvalue weighted by Gasteiger charge is -2.31. The molecule has 0 amide bonds. The third-order valence-corrected chi connectivity index (χ3v) is 6.02. The van der Waals surface area contributed by atoms with E-state index < -0.39 is 5.97 Å². The molecule has 0 radical (unpaired) electrons. The fourth-order valence-corrected chi connectivity index (χ4v) is 4.68. The van der Waals surface area contributed by atoms with Gasteiger partial charge in [-0.25, -0.2) is 4.79 Å². The predicted octanol–water partition coefficient (Wildman–Crippen LogP) is 6.59. The van der Waals surface area contributed by atoms with Gasteiger partial charge in [0, 0.05) is 22.6 Å². The first-order valence-electron chi connectivity index (χ1n) is 10.5. The van der Waals surface area contributed by atoms with Crippen molar-refractivity contribution in [3.05, 3.63) is 87.2 Å². The molecule has 0 N–H and O–H groups in total. The summed E-state index contributed by atoms with van der Waals surface area (Å²) in [6.07, 6.45) is 1.65. The van der Waals surface area contributed by atoms with E-state index in [0.29, 0.717) is 10.6 Å². The lowest BCUT2D eigenvalue weighted by atomic mass is 9.76. The first kappa shape index (κ1) is 21.4. The SMILES string of the molecule is Cc1cc(C)cc(-n2c(C)cc3c2CC(C)(C)C/C3=N\OC(=O)c2ccccc2Cl)c1. The van der Waals surface area contributed by atoms with Gasteiger partial charge in [-0.15, -0.1) is 0 Å². The van der Waals surface area contributed by atoms with Crippen LogP contribution in [0.3, 0.4) is 0 Å². The molecule has 31 heavy (non-hydrogen) atoms. The normalized spacial score (nSPS) is 16.3. The highest BCUT2D eigenvalue weighted by atomic mass is 35.5. The quantitative estimate of drug-likeness (QED) is 0.344. The van der Waals surface area contributed by atoms with Gasteiger partial charge in [-0.05, 0) is 80.5 Å². The number of carbonyl (C=O) groups is 1. The van der Waals surface area contributed by atoms with Gasteiger partial charge in [0.05, 0.1) is 16.3 Å². The van der Waals surface area contributed by atoms with Crippen LogP contribution in [0.25, 0.3) is 5.69 Å². The maximum atomic E-state index is 12.5. The number of aryl methyl sites for hydroxylation is 3. The molecule has 0 unspecified atom stereocenters. The van der Waals surface area contributed by atoms with Crippen molar-refractivity contribution in [3.63, 3.8) is 0 Å². The molecule has 5 heteroatoms. The first-order chi connectivity index (χ1) is 14.6. The molecule has 1 aliphatic carbocycles. The third-order valence-electron chi connectivity index (χ3n) is 5.69. The molecule has 1 aliphatic rings. The summed E-state index contributed by atoms with van der Waals surface area (Å²) in [5.74, 6) is -0.548. The molecular weight excluding hydrogens is 408 g/mol. The van der Waals surface area contributed by atoms with E-state index in [0.717, 1.165) is 35.5 Å². The van der Waals surface area contributed by atoms with Crippen molar-refractivity contribution in [2.45, 2.75) is 47.5 Å². The molecule has 0 atom stereocenters. The minimum atomic E-state index is -0.548. The summed E-state index contributed by atoms with van der Waals surface area (Å²) < 4.78 is 2.31. The minimum Gasteiger partial charge on any atom is -0.318 e. The molecule has 4 nitrogen and oxygen atoms in total. The summed E-state index contributed by atoms with van der Waals surface area (Å²) in [6, 6.07) is 15.6. The standard InChI is InChI=1S/C26H27ClN2O2/c1-16-10-17(2)12-19(11-16)29-18(3)13-21-23(14-26(4,5)15-24(21)29)28-31-25(30)20-8-6-7-9-22(20)27/h6-13H,14-15H2,1-5H3/b28-23+. The maximum Gasteiger partial charge on any atom is 0.367 e. The van der Waals surface area contributed by atoms with E-state index in [1.807, 2.05) is 0 Å². The average Bonchev–Trinajstić information content (AvgIpc) is 3.00. The number of fused-ring (bicyclic) bond motifs is 1. The molecule has 2 aromatic carbocycles. The average molecular weight is 435 g/mol. The fourth-order valence-electron chi connectivity index (χ4n) is 4.47. The molecule has 0 saturated carbocycles. The number of oxime groups is 1. The highest BCUT2D eigenvalue weighted by Gasteiger charge is 2.34. The van der Waals surface area contributed by atoms with Gasteiger partial charge < -0.3 is 9.40 Å². The predicted molar refractivity (Wildman–Crippen MR) is 125 cm³/mol. The van der Waals surface area contributed by atoms with Gasteiger partial charge >= 0.3 is 5.97 Å². The van der Waals surface area contributed by atoms with Crippen LogP contribution in [0.4, 0.5) is 0 Å². The number of halogens is 1. The van der Waals surface area contributed by atoms with E-state index in [1.165, 1.54) is 16.8 Å². The number of hydrogen-bond donors (Lipinski definition) is 0. The number of rotatable bonds is 3. The molecule has 0 bridgehead atoms. The first-order valence-corrected chi connectivity index (χ1v) is 10.9. The molecule has 1 heterocycles. The fraction of sp³-hybridized carbons (Fsp3) is 0.308. The Morgan fingerprint density at radius 3 is 2.39 bits per heavy atom. The zero-order chi connectivity index (χ0) is 22.3. The van der Waals surface area contributed by atoms with Crippen LogP contribution in [0.15, 0.2) is 53.7 Å². The molecule has 1 aromatic heterocycles. The number of nitrogens with zero attached hydrogens (tertiary/aromatic N) is 2. The van der Waals surface area contributed by atoms with Crippen LogP contribution < -0.4 is 0 Å². The smallest absolute Gasteiger partial charge is 0.318 e. The highest BCUT2D eigenvalue weighted by molar-refractivity contribution is 6.33. The van der Waals surface area contributed by atoms with Crippen molar-refractivity contribution in [1.29, 1.82) is 0 Å². The van der Waals surface area contributed by atoms with Crippen LogP contribution in [0, 0.1) is 26.2 Å². The number of carbonyl (C=O) groups excluding carboxylic acids is 1. The second kappa shape index (κ2) is 8.01. The van der Waals surface area contributed by atoms with Crippen molar-refractivity contribution >= 4 is 23.3 Å². The second-order valence-corrected chi connectivity index (χ2v) is 9.65. The van der Waals surface area contributed by atoms with E-state index >= 15 is 0 Å². The van der Waals surface area contributed by atoms with Crippen LogP contribution in [-0.2, 0) is 11.3 Å². The molecule has 4 rings (SSSR count). The molecule has 160 valence electrons. The van der Waals surface area contributed by atoms with E-state index in [4.69, 9.17) is 16.4 Å². The summed E-state index contributed by atoms with van der Waals surface area (Å²) in [5.41, 5.74) is 8.09. The summed E-state index contributed by atoms with van der Waals surface area (Å²) in [5, 5.41) is 4.67. The Bertz CT molecular complexity index is 1180. The van der Waals surface area contributed by atoms with Gasteiger partial charge in [-0.2, -0.15) is 0 Å². The second-order valence-electron chi connectivity index (χ2n) is 9.24. The Labute approximate surface area is 188 Å². The van der Waals surface area contributed by atoms with Gasteiger partial charge in [-0.3, -0.25) is 0 Å². The van der Waals surface area contributed by atoms with Crippen molar-refractivity contribution in [1.82, 2.24) is 4.57 Å². The lowest BCUT2D eigenvalue weighted by Crippen LogP contribution is -2.28.